The molecule has 3 rings (SSSR count). The number of halogens is 1. The lowest BCUT2D eigenvalue weighted by Crippen LogP contribution is -2.26. The minimum Gasteiger partial charge on any atom is -0.387 e. The average molecular weight is 300 g/mol. The summed E-state index contributed by atoms with van der Waals surface area (Å²) in [5.74, 6) is -0.351. The minimum atomic E-state index is -0.866. The highest BCUT2D eigenvalue weighted by Crippen LogP contribution is 2.19. The summed E-state index contributed by atoms with van der Waals surface area (Å²) in [6.07, 6.45) is -0.866. The van der Waals surface area contributed by atoms with E-state index >= 15 is 0 Å². The fourth-order valence-electron chi connectivity index (χ4n) is 2.72. The number of aryl methyl sites for hydroxylation is 1. The number of hydrogen-bond donors (Lipinski definition) is 1. The van der Waals surface area contributed by atoms with Crippen LogP contribution in [0.5, 0.6) is 0 Å². The highest BCUT2D eigenvalue weighted by atomic mass is 19.1. The Hall–Kier alpha value is -2.40. The maximum absolute atomic E-state index is 13.0. The van der Waals surface area contributed by atoms with Gasteiger partial charge in [-0.05, 0) is 36.8 Å². The summed E-state index contributed by atoms with van der Waals surface area (Å²) >= 11 is 0. The van der Waals surface area contributed by atoms with Crippen LogP contribution < -0.4 is 5.69 Å². The Kier molecular flexibility index (Phi) is 3.81. The van der Waals surface area contributed by atoms with E-state index in [2.05, 4.69) is 0 Å². The third kappa shape index (κ3) is 2.44. The van der Waals surface area contributed by atoms with Crippen LogP contribution in [-0.2, 0) is 13.1 Å². The van der Waals surface area contributed by atoms with Crippen LogP contribution in [0.4, 0.5) is 4.39 Å². The molecule has 5 heteroatoms. The first-order valence-corrected chi connectivity index (χ1v) is 7.23. The third-order valence-corrected chi connectivity index (χ3v) is 3.85. The van der Waals surface area contributed by atoms with Gasteiger partial charge in [0.1, 0.15) is 5.82 Å². The zero-order valence-corrected chi connectivity index (χ0v) is 12.2. The van der Waals surface area contributed by atoms with Crippen molar-refractivity contribution in [3.8, 4) is 0 Å². The van der Waals surface area contributed by atoms with Crippen molar-refractivity contribution in [2.45, 2.75) is 26.1 Å². The number of para-hydroxylation sites is 2. The van der Waals surface area contributed by atoms with E-state index < -0.39 is 6.10 Å². The Morgan fingerprint density at radius 2 is 1.64 bits per heavy atom. The fourth-order valence-corrected chi connectivity index (χ4v) is 2.72. The number of aliphatic hydroxyl groups excluding tert-OH is 1. The topological polar surface area (TPSA) is 47.2 Å². The highest BCUT2D eigenvalue weighted by molar-refractivity contribution is 5.76. The van der Waals surface area contributed by atoms with Gasteiger partial charge >= 0.3 is 5.69 Å². The average Bonchev–Trinajstić information content (AvgIpc) is 2.80. The van der Waals surface area contributed by atoms with Gasteiger partial charge in [-0.2, -0.15) is 0 Å². The minimum absolute atomic E-state index is 0.137. The maximum Gasteiger partial charge on any atom is 0.329 e. The molecule has 0 unspecified atom stereocenters. The van der Waals surface area contributed by atoms with E-state index in [0.717, 1.165) is 11.0 Å². The van der Waals surface area contributed by atoms with Gasteiger partial charge in [0.05, 0.1) is 23.7 Å². The molecule has 0 bridgehead atoms. The second kappa shape index (κ2) is 5.77. The zero-order valence-electron chi connectivity index (χ0n) is 12.2. The van der Waals surface area contributed by atoms with E-state index in [0.29, 0.717) is 12.1 Å². The second-order valence-electron chi connectivity index (χ2n) is 5.19. The molecule has 0 saturated carbocycles. The predicted molar refractivity (Wildman–Crippen MR) is 83.2 cm³/mol. The van der Waals surface area contributed by atoms with Crippen molar-refractivity contribution in [3.63, 3.8) is 0 Å². The van der Waals surface area contributed by atoms with Gasteiger partial charge in [-0.3, -0.25) is 9.13 Å². The molecule has 1 heterocycles. The van der Waals surface area contributed by atoms with E-state index in [4.69, 9.17) is 0 Å². The van der Waals surface area contributed by atoms with Crippen molar-refractivity contribution in [2.24, 2.45) is 0 Å². The summed E-state index contributed by atoms with van der Waals surface area (Å²) < 4.78 is 16.2. The SMILES string of the molecule is CCn1c(=O)n(C[C@H](O)c2ccc(F)cc2)c2ccccc21. The molecule has 0 aliphatic rings. The molecule has 0 aliphatic carbocycles. The van der Waals surface area contributed by atoms with Crippen LogP contribution in [0, 0.1) is 5.82 Å². The lowest BCUT2D eigenvalue weighted by atomic mass is 10.1. The van der Waals surface area contributed by atoms with Gasteiger partial charge in [-0.1, -0.05) is 24.3 Å². The molecule has 1 N–H and O–H groups in total. The lowest BCUT2D eigenvalue weighted by molar-refractivity contribution is 0.156. The maximum atomic E-state index is 13.0. The van der Waals surface area contributed by atoms with Gasteiger partial charge in [0.25, 0.3) is 0 Å². The number of nitrogens with zero attached hydrogens (tertiary/aromatic N) is 2. The van der Waals surface area contributed by atoms with Gasteiger partial charge in [-0.25, -0.2) is 9.18 Å². The quantitative estimate of drug-likeness (QED) is 0.805. The van der Waals surface area contributed by atoms with Crippen molar-refractivity contribution in [2.75, 3.05) is 0 Å². The molecule has 0 aliphatic heterocycles. The standard InChI is InChI=1S/C17H17FN2O2/c1-2-19-14-5-3-4-6-15(14)20(17(19)22)11-16(21)12-7-9-13(18)10-8-12/h3-10,16,21H,2,11H2,1H3/t16-/m0/s1. The van der Waals surface area contributed by atoms with E-state index in [9.17, 15) is 14.3 Å². The van der Waals surface area contributed by atoms with E-state index in [1.54, 1.807) is 9.13 Å². The van der Waals surface area contributed by atoms with Crippen molar-refractivity contribution in [1.29, 1.82) is 0 Å². The molecule has 2 aromatic carbocycles. The first-order valence-electron chi connectivity index (χ1n) is 7.23. The molecule has 3 aromatic rings. The van der Waals surface area contributed by atoms with E-state index in [-0.39, 0.29) is 18.1 Å². The fraction of sp³-hybridized carbons (Fsp3) is 0.235. The molecular weight excluding hydrogens is 283 g/mol. The smallest absolute Gasteiger partial charge is 0.329 e. The molecule has 0 radical (unpaired) electrons. The Morgan fingerprint density at radius 1 is 1.05 bits per heavy atom. The monoisotopic (exact) mass is 300 g/mol. The van der Waals surface area contributed by atoms with Gasteiger partial charge in [0.15, 0.2) is 0 Å². The van der Waals surface area contributed by atoms with Crippen molar-refractivity contribution < 1.29 is 9.50 Å². The Balaban J connectivity index is 2.02. The summed E-state index contributed by atoms with van der Waals surface area (Å²) in [5, 5.41) is 10.3. The van der Waals surface area contributed by atoms with Crippen molar-refractivity contribution in [3.05, 3.63) is 70.4 Å². The first-order chi connectivity index (χ1) is 10.6. The van der Waals surface area contributed by atoms with Crippen LogP contribution in [0.3, 0.4) is 0 Å². The molecule has 0 fully saturated rings. The van der Waals surface area contributed by atoms with E-state index in [1.807, 2.05) is 31.2 Å². The normalized spacial score (nSPS) is 12.7. The van der Waals surface area contributed by atoms with Crippen LogP contribution in [0.25, 0.3) is 11.0 Å². The number of fused-ring (bicyclic) bond motifs is 1. The molecule has 0 spiro atoms. The summed E-state index contributed by atoms with van der Waals surface area (Å²) in [6.45, 7) is 2.62. The molecule has 114 valence electrons. The van der Waals surface area contributed by atoms with Crippen molar-refractivity contribution in [1.82, 2.24) is 9.13 Å². The number of benzene rings is 2. The van der Waals surface area contributed by atoms with Crippen LogP contribution in [0.2, 0.25) is 0 Å². The summed E-state index contributed by atoms with van der Waals surface area (Å²) in [5.41, 5.74) is 2.07. The summed E-state index contributed by atoms with van der Waals surface area (Å²) in [7, 11) is 0. The lowest BCUT2D eigenvalue weighted by Gasteiger charge is -2.12. The number of aromatic nitrogens is 2. The van der Waals surface area contributed by atoms with Crippen LogP contribution in [0.15, 0.2) is 53.3 Å². The van der Waals surface area contributed by atoms with Crippen LogP contribution in [0.1, 0.15) is 18.6 Å². The largest absolute Gasteiger partial charge is 0.387 e. The Labute approximate surface area is 127 Å². The number of imidazole rings is 1. The van der Waals surface area contributed by atoms with Gasteiger partial charge < -0.3 is 5.11 Å². The molecule has 1 atom stereocenters. The number of hydrogen-bond acceptors (Lipinski definition) is 2. The number of aliphatic hydroxyl groups is 1. The van der Waals surface area contributed by atoms with Gasteiger partial charge in [0.2, 0.25) is 0 Å². The van der Waals surface area contributed by atoms with Crippen LogP contribution >= 0.6 is 0 Å². The summed E-state index contributed by atoms with van der Waals surface area (Å²) in [6, 6.07) is 13.2. The zero-order chi connectivity index (χ0) is 15.7. The van der Waals surface area contributed by atoms with Crippen molar-refractivity contribution >= 4 is 11.0 Å². The molecule has 0 saturated heterocycles. The molecule has 0 amide bonds. The third-order valence-electron chi connectivity index (χ3n) is 3.85. The molecule has 4 nitrogen and oxygen atoms in total. The Bertz CT molecular complexity index is 849. The molecule has 22 heavy (non-hydrogen) atoms. The van der Waals surface area contributed by atoms with Gasteiger partial charge in [0, 0.05) is 6.54 Å². The second-order valence-corrected chi connectivity index (χ2v) is 5.19. The molecule has 1 aromatic heterocycles. The Morgan fingerprint density at radius 3 is 2.23 bits per heavy atom. The number of rotatable bonds is 4. The molecular formula is C17H17FN2O2. The first kappa shape index (κ1) is 14.5. The van der Waals surface area contributed by atoms with Gasteiger partial charge in [-0.15, -0.1) is 0 Å². The van der Waals surface area contributed by atoms with E-state index in [1.165, 1.54) is 24.3 Å². The summed E-state index contributed by atoms with van der Waals surface area (Å²) in [4.78, 5) is 12.5. The predicted octanol–water partition coefficient (Wildman–Crippen LogP) is 2.70. The highest BCUT2D eigenvalue weighted by Gasteiger charge is 2.16. The van der Waals surface area contributed by atoms with Crippen LogP contribution in [-0.4, -0.2) is 14.2 Å².